The van der Waals surface area contributed by atoms with Gasteiger partial charge in [-0.2, -0.15) is 5.26 Å². The summed E-state index contributed by atoms with van der Waals surface area (Å²) in [4.78, 5) is 37.4. The van der Waals surface area contributed by atoms with E-state index < -0.39 is 42.0 Å². The number of benzene rings is 1. The normalized spacial score (nSPS) is 21.4. The van der Waals surface area contributed by atoms with Crippen LogP contribution in [0.5, 0.6) is 0 Å². The van der Waals surface area contributed by atoms with Gasteiger partial charge in [-0.1, -0.05) is 32.9 Å². The maximum atomic E-state index is 14.4. The van der Waals surface area contributed by atoms with E-state index in [1.165, 1.54) is 16.0 Å². The number of anilines is 2. The van der Waals surface area contributed by atoms with Crippen LogP contribution in [0.2, 0.25) is 0 Å². The Morgan fingerprint density at radius 3 is 2.38 bits per heavy atom. The zero-order valence-electron chi connectivity index (χ0n) is 24.8. The van der Waals surface area contributed by atoms with E-state index in [0.717, 1.165) is 5.56 Å². The first-order valence-electron chi connectivity index (χ1n) is 14.3. The molecular formula is C31H40F2N6O3. The lowest BCUT2D eigenvalue weighted by atomic mass is 9.87. The molecule has 226 valence electrons. The van der Waals surface area contributed by atoms with Gasteiger partial charge in [0.15, 0.2) is 6.19 Å². The van der Waals surface area contributed by atoms with Crippen LogP contribution < -0.4 is 15.1 Å². The first-order valence-corrected chi connectivity index (χ1v) is 14.3. The van der Waals surface area contributed by atoms with Gasteiger partial charge in [0, 0.05) is 68.7 Å². The maximum Gasteiger partial charge on any atom is 0.251 e. The summed E-state index contributed by atoms with van der Waals surface area (Å²) in [6.07, 6.45) is 3.85. The number of aliphatic hydroxyl groups is 1. The van der Waals surface area contributed by atoms with Crippen LogP contribution in [0.3, 0.4) is 0 Å². The monoisotopic (exact) mass is 582 g/mol. The number of halogens is 2. The van der Waals surface area contributed by atoms with Crippen molar-refractivity contribution in [2.75, 3.05) is 30.4 Å². The largest absolute Gasteiger partial charge is 0.391 e. The number of pyridine rings is 1. The van der Waals surface area contributed by atoms with Gasteiger partial charge in [-0.15, -0.1) is 0 Å². The van der Waals surface area contributed by atoms with Crippen molar-refractivity contribution >= 4 is 23.2 Å². The van der Waals surface area contributed by atoms with Crippen LogP contribution in [-0.2, 0) is 15.0 Å². The zero-order chi connectivity index (χ0) is 30.8. The van der Waals surface area contributed by atoms with Crippen LogP contribution >= 0.6 is 0 Å². The van der Waals surface area contributed by atoms with Crippen molar-refractivity contribution in [2.24, 2.45) is 0 Å². The number of aromatic nitrogens is 1. The lowest BCUT2D eigenvalue weighted by Gasteiger charge is -2.37. The van der Waals surface area contributed by atoms with Crippen molar-refractivity contribution < 1.29 is 23.5 Å². The minimum absolute atomic E-state index is 0.00664. The lowest BCUT2D eigenvalue weighted by Crippen LogP contribution is -2.52. The molecule has 1 aromatic heterocycles. The van der Waals surface area contributed by atoms with Crippen molar-refractivity contribution in [1.29, 1.82) is 5.26 Å². The number of rotatable bonds is 7. The van der Waals surface area contributed by atoms with E-state index in [4.69, 9.17) is 0 Å². The molecule has 0 bridgehead atoms. The topological polar surface area (TPSA) is 113 Å². The molecule has 1 aromatic carbocycles. The molecule has 3 atom stereocenters. The fraction of sp³-hybridized carbons (Fsp3) is 0.548. The zero-order valence-corrected chi connectivity index (χ0v) is 24.8. The molecule has 2 fully saturated rings. The summed E-state index contributed by atoms with van der Waals surface area (Å²) in [5.41, 5.74) is 2.37. The van der Waals surface area contributed by atoms with Gasteiger partial charge in [-0.3, -0.25) is 24.4 Å². The predicted octanol–water partition coefficient (Wildman–Crippen LogP) is 4.13. The number of amides is 2. The summed E-state index contributed by atoms with van der Waals surface area (Å²) in [6.45, 7) is 6.21. The van der Waals surface area contributed by atoms with Crippen LogP contribution in [-0.4, -0.2) is 71.6 Å². The van der Waals surface area contributed by atoms with Crippen LogP contribution in [0.25, 0.3) is 0 Å². The maximum absolute atomic E-state index is 14.4. The Bertz CT molecular complexity index is 1310. The van der Waals surface area contributed by atoms with Gasteiger partial charge in [0.1, 0.15) is 12.1 Å². The number of nitrogens with zero attached hydrogens (tertiary/aromatic N) is 5. The molecule has 1 aliphatic heterocycles. The number of β-amino-alcohol motifs (C(OH)–C–C–N with tert-alkyl or cyclic N) is 1. The number of nitriles is 1. The third kappa shape index (κ3) is 6.81. The quantitative estimate of drug-likeness (QED) is 0.472. The average Bonchev–Trinajstić information content (AvgIpc) is 3.32. The van der Waals surface area contributed by atoms with Gasteiger partial charge < -0.3 is 15.3 Å². The van der Waals surface area contributed by atoms with Crippen molar-refractivity contribution in [3.05, 3.63) is 53.9 Å². The van der Waals surface area contributed by atoms with Gasteiger partial charge in [0.05, 0.1) is 12.6 Å². The van der Waals surface area contributed by atoms with Gasteiger partial charge in [-0.25, -0.2) is 8.78 Å². The second-order valence-corrected chi connectivity index (χ2v) is 12.5. The van der Waals surface area contributed by atoms with Gasteiger partial charge >= 0.3 is 0 Å². The molecule has 3 unspecified atom stereocenters. The summed E-state index contributed by atoms with van der Waals surface area (Å²) in [6, 6.07) is 6.37. The standard InChI is InChI=1S/C31H40F2N6O3/c1-30(2,3)20-6-8-22(9-7-20)39(29(42)26-16-23(40)18-38(26)19-34)27(24-17-35-15-12-25(24)37(4)5)28(41)36-21-10-13-31(32,33)14-11-21/h6-9,12,15,17,21,23,26-27,40H,10-11,13-14,16,18H2,1-5H3,(H,36,41). The van der Waals surface area contributed by atoms with Gasteiger partial charge in [0.2, 0.25) is 11.8 Å². The average molecular weight is 583 g/mol. The molecule has 2 N–H and O–H groups in total. The molecule has 2 amide bonds. The number of carbonyl (C=O) groups is 2. The predicted molar refractivity (Wildman–Crippen MR) is 156 cm³/mol. The SMILES string of the molecule is CN(C)c1ccncc1C(C(=O)NC1CCC(F)(F)CC1)N(C(=O)C1CC(O)CN1C#N)c1ccc(C(C)(C)C)cc1. The number of likely N-dealkylation sites (tertiary alicyclic amines) is 1. The highest BCUT2D eigenvalue weighted by atomic mass is 19.3. The summed E-state index contributed by atoms with van der Waals surface area (Å²) in [5.74, 6) is -3.82. The van der Waals surface area contributed by atoms with E-state index in [-0.39, 0.29) is 44.1 Å². The van der Waals surface area contributed by atoms with Crippen molar-refractivity contribution in [1.82, 2.24) is 15.2 Å². The first kappa shape index (κ1) is 31.2. The van der Waals surface area contributed by atoms with Crippen molar-refractivity contribution in [3.8, 4) is 6.19 Å². The van der Waals surface area contributed by atoms with E-state index in [1.807, 2.05) is 37.3 Å². The Hall–Kier alpha value is -3.78. The Labute approximate surface area is 246 Å². The number of carbonyl (C=O) groups excluding carboxylic acids is 2. The van der Waals surface area contributed by atoms with Gasteiger partial charge in [0.25, 0.3) is 5.91 Å². The van der Waals surface area contributed by atoms with Crippen molar-refractivity contribution in [2.45, 2.75) is 88.4 Å². The highest BCUT2D eigenvalue weighted by Crippen LogP contribution is 2.38. The number of alkyl halides is 2. The molecule has 2 aliphatic rings. The number of hydrogen-bond donors (Lipinski definition) is 2. The molecule has 2 aromatic rings. The Balaban J connectivity index is 1.84. The molecule has 0 spiro atoms. The number of aliphatic hydroxyl groups excluding tert-OH is 1. The molecule has 42 heavy (non-hydrogen) atoms. The molecule has 2 heterocycles. The van der Waals surface area contributed by atoms with E-state index in [2.05, 4.69) is 31.1 Å². The highest BCUT2D eigenvalue weighted by Gasteiger charge is 2.44. The molecule has 1 saturated carbocycles. The minimum Gasteiger partial charge on any atom is -0.391 e. The van der Waals surface area contributed by atoms with E-state index >= 15 is 0 Å². The van der Waals surface area contributed by atoms with E-state index in [9.17, 15) is 28.7 Å². The van der Waals surface area contributed by atoms with Crippen LogP contribution in [0.1, 0.15) is 70.0 Å². The second-order valence-electron chi connectivity index (χ2n) is 12.5. The smallest absolute Gasteiger partial charge is 0.251 e. The summed E-state index contributed by atoms with van der Waals surface area (Å²) in [7, 11) is 3.62. The number of nitrogens with one attached hydrogen (secondary N) is 1. The molecule has 1 saturated heterocycles. The molecule has 9 nitrogen and oxygen atoms in total. The third-order valence-corrected chi connectivity index (χ3v) is 8.12. The van der Waals surface area contributed by atoms with Crippen molar-refractivity contribution in [3.63, 3.8) is 0 Å². The molecule has 0 radical (unpaired) electrons. The summed E-state index contributed by atoms with van der Waals surface area (Å²) in [5, 5.41) is 23.1. The van der Waals surface area contributed by atoms with E-state index in [1.54, 1.807) is 24.4 Å². The number of hydrogen-bond acceptors (Lipinski definition) is 7. The fourth-order valence-electron chi connectivity index (χ4n) is 5.72. The third-order valence-electron chi connectivity index (χ3n) is 8.12. The fourth-order valence-corrected chi connectivity index (χ4v) is 5.72. The summed E-state index contributed by atoms with van der Waals surface area (Å²) >= 11 is 0. The lowest BCUT2D eigenvalue weighted by molar-refractivity contribution is -0.129. The van der Waals surface area contributed by atoms with Gasteiger partial charge in [-0.05, 0) is 42.0 Å². The Kier molecular flexibility index (Phi) is 9.06. The molecule has 4 rings (SSSR count). The minimum atomic E-state index is -2.76. The van der Waals surface area contributed by atoms with Crippen LogP contribution in [0, 0.1) is 11.5 Å². The molecule has 1 aliphatic carbocycles. The Morgan fingerprint density at radius 1 is 1.17 bits per heavy atom. The Morgan fingerprint density at radius 2 is 1.81 bits per heavy atom. The van der Waals surface area contributed by atoms with Crippen LogP contribution in [0.4, 0.5) is 20.2 Å². The van der Waals surface area contributed by atoms with E-state index in [0.29, 0.717) is 16.9 Å². The second kappa shape index (κ2) is 12.2. The molecule has 11 heteroatoms. The molecular weight excluding hydrogens is 542 g/mol. The highest BCUT2D eigenvalue weighted by molar-refractivity contribution is 6.04. The summed E-state index contributed by atoms with van der Waals surface area (Å²) < 4.78 is 27.8. The first-order chi connectivity index (χ1) is 19.7. The van der Waals surface area contributed by atoms with Crippen LogP contribution in [0.15, 0.2) is 42.7 Å².